The van der Waals surface area contributed by atoms with Gasteiger partial charge in [-0.3, -0.25) is 14.5 Å². The SMILES string of the molecule is C[C@@H]1CN(C2CCOCC2)CCN1Cc1nn(C)c2ccccc12. The van der Waals surface area contributed by atoms with Gasteiger partial charge in [-0.25, -0.2) is 0 Å². The van der Waals surface area contributed by atoms with Gasteiger partial charge in [-0.2, -0.15) is 5.10 Å². The van der Waals surface area contributed by atoms with Crippen molar-refractivity contribution in [2.75, 3.05) is 32.8 Å². The van der Waals surface area contributed by atoms with Crippen molar-refractivity contribution in [1.82, 2.24) is 19.6 Å². The second-order valence-electron chi connectivity index (χ2n) is 7.25. The summed E-state index contributed by atoms with van der Waals surface area (Å²) in [4.78, 5) is 5.27. The quantitative estimate of drug-likeness (QED) is 0.865. The van der Waals surface area contributed by atoms with Gasteiger partial charge in [0.15, 0.2) is 0 Å². The van der Waals surface area contributed by atoms with Gasteiger partial charge in [0.1, 0.15) is 0 Å². The zero-order valence-corrected chi connectivity index (χ0v) is 14.8. The van der Waals surface area contributed by atoms with Crippen LogP contribution in [-0.2, 0) is 18.3 Å². The molecule has 0 bridgehead atoms. The molecule has 5 nitrogen and oxygen atoms in total. The molecule has 2 aliphatic rings. The van der Waals surface area contributed by atoms with Crippen LogP contribution in [0, 0.1) is 0 Å². The minimum absolute atomic E-state index is 0.572. The van der Waals surface area contributed by atoms with E-state index < -0.39 is 0 Å². The summed E-state index contributed by atoms with van der Waals surface area (Å²) in [7, 11) is 2.04. The summed E-state index contributed by atoms with van der Waals surface area (Å²) >= 11 is 0. The first-order valence-electron chi connectivity index (χ1n) is 9.19. The summed E-state index contributed by atoms with van der Waals surface area (Å²) in [6, 6.07) is 9.84. The summed E-state index contributed by atoms with van der Waals surface area (Å²) in [6.45, 7) is 8.62. The van der Waals surface area contributed by atoms with Crippen molar-refractivity contribution in [2.24, 2.45) is 7.05 Å². The van der Waals surface area contributed by atoms with Crippen LogP contribution in [-0.4, -0.2) is 64.5 Å². The van der Waals surface area contributed by atoms with Crippen molar-refractivity contribution in [3.8, 4) is 0 Å². The third-order valence-corrected chi connectivity index (χ3v) is 5.69. The van der Waals surface area contributed by atoms with Gasteiger partial charge in [-0.1, -0.05) is 18.2 Å². The van der Waals surface area contributed by atoms with Crippen LogP contribution in [0.1, 0.15) is 25.5 Å². The average molecular weight is 328 g/mol. The van der Waals surface area contributed by atoms with Gasteiger partial charge in [0, 0.05) is 63.9 Å². The number of ether oxygens (including phenoxy) is 1. The predicted octanol–water partition coefficient (Wildman–Crippen LogP) is 2.26. The molecule has 5 heteroatoms. The number of hydrogen-bond acceptors (Lipinski definition) is 4. The summed E-state index contributed by atoms with van der Waals surface area (Å²) < 4.78 is 7.52. The average Bonchev–Trinajstić information content (AvgIpc) is 2.94. The molecule has 0 unspecified atom stereocenters. The van der Waals surface area contributed by atoms with Gasteiger partial charge < -0.3 is 4.74 Å². The van der Waals surface area contributed by atoms with Crippen LogP contribution in [0.4, 0.5) is 0 Å². The molecule has 2 aliphatic heterocycles. The minimum Gasteiger partial charge on any atom is -0.381 e. The van der Waals surface area contributed by atoms with E-state index in [1.165, 1.54) is 36.0 Å². The Labute approximate surface area is 144 Å². The van der Waals surface area contributed by atoms with Crippen LogP contribution >= 0.6 is 0 Å². The third kappa shape index (κ3) is 3.08. The number of hydrogen-bond donors (Lipinski definition) is 0. The highest BCUT2D eigenvalue weighted by molar-refractivity contribution is 5.81. The van der Waals surface area contributed by atoms with Crippen molar-refractivity contribution in [3.63, 3.8) is 0 Å². The van der Waals surface area contributed by atoms with Gasteiger partial charge in [-0.15, -0.1) is 0 Å². The van der Waals surface area contributed by atoms with E-state index in [4.69, 9.17) is 9.84 Å². The first kappa shape index (κ1) is 16.1. The Kier molecular flexibility index (Phi) is 4.57. The normalized spacial score (nSPS) is 24.7. The zero-order chi connectivity index (χ0) is 16.5. The lowest BCUT2D eigenvalue weighted by Crippen LogP contribution is -2.55. The van der Waals surface area contributed by atoms with E-state index in [2.05, 4.69) is 41.0 Å². The first-order chi connectivity index (χ1) is 11.7. The van der Waals surface area contributed by atoms with Gasteiger partial charge in [0.2, 0.25) is 0 Å². The largest absolute Gasteiger partial charge is 0.381 e. The lowest BCUT2D eigenvalue weighted by molar-refractivity contribution is -0.00361. The molecule has 0 saturated carbocycles. The summed E-state index contributed by atoms with van der Waals surface area (Å²) in [5.74, 6) is 0. The molecule has 0 N–H and O–H groups in total. The summed E-state index contributed by atoms with van der Waals surface area (Å²) in [5, 5.41) is 6.06. The molecule has 3 heterocycles. The Morgan fingerprint density at radius 3 is 2.75 bits per heavy atom. The fraction of sp³-hybridized carbons (Fsp3) is 0.632. The molecule has 0 radical (unpaired) electrons. The van der Waals surface area contributed by atoms with Gasteiger partial charge in [-0.05, 0) is 25.8 Å². The van der Waals surface area contributed by atoms with Gasteiger partial charge in [0.05, 0.1) is 11.2 Å². The Morgan fingerprint density at radius 1 is 1.17 bits per heavy atom. The van der Waals surface area contributed by atoms with Gasteiger partial charge in [0.25, 0.3) is 0 Å². The smallest absolute Gasteiger partial charge is 0.0843 e. The number of aryl methyl sites for hydroxylation is 1. The highest BCUT2D eigenvalue weighted by Crippen LogP contribution is 2.23. The van der Waals surface area contributed by atoms with E-state index in [9.17, 15) is 0 Å². The Hall–Kier alpha value is -1.43. The van der Waals surface area contributed by atoms with Crippen molar-refractivity contribution in [1.29, 1.82) is 0 Å². The molecule has 1 aromatic heterocycles. The minimum atomic E-state index is 0.572. The fourth-order valence-electron chi connectivity index (χ4n) is 4.24. The second-order valence-corrected chi connectivity index (χ2v) is 7.25. The molecular weight excluding hydrogens is 300 g/mol. The van der Waals surface area contributed by atoms with Crippen LogP contribution in [0.15, 0.2) is 24.3 Å². The second kappa shape index (κ2) is 6.82. The maximum absolute atomic E-state index is 5.51. The number of rotatable bonds is 3. The number of piperazine rings is 1. The monoisotopic (exact) mass is 328 g/mol. The van der Waals surface area contributed by atoms with Crippen molar-refractivity contribution >= 4 is 10.9 Å². The van der Waals surface area contributed by atoms with Crippen molar-refractivity contribution in [2.45, 2.75) is 38.4 Å². The van der Waals surface area contributed by atoms with Gasteiger partial charge >= 0.3 is 0 Å². The molecule has 4 rings (SSSR count). The molecule has 0 aliphatic carbocycles. The molecule has 0 amide bonds. The van der Waals surface area contributed by atoms with Crippen molar-refractivity contribution < 1.29 is 4.74 Å². The Bertz CT molecular complexity index is 692. The molecular formula is C19H28N4O. The molecule has 0 spiro atoms. The van der Waals surface area contributed by atoms with Crippen LogP contribution in [0.5, 0.6) is 0 Å². The van der Waals surface area contributed by atoms with Crippen LogP contribution in [0.25, 0.3) is 10.9 Å². The Morgan fingerprint density at radius 2 is 1.96 bits per heavy atom. The number of aromatic nitrogens is 2. The standard InChI is InChI=1S/C19H28N4O/c1-15-13-23(16-7-11-24-12-8-16)10-9-22(15)14-18-17-5-3-4-6-19(17)21(2)20-18/h3-6,15-16H,7-14H2,1-2H3/t15-/m1/s1. The summed E-state index contributed by atoms with van der Waals surface area (Å²) in [5.41, 5.74) is 2.43. The van der Waals surface area contributed by atoms with Crippen LogP contribution in [0.3, 0.4) is 0 Å². The number of para-hydroxylation sites is 1. The highest BCUT2D eigenvalue weighted by Gasteiger charge is 2.30. The van der Waals surface area contributed by atoms with E-state index in [1.807, 2.05) is 11.7 Å². The van der Waals surface area contributed by atoms with Crippen molar-refractivity contribution in [3.05, 3.63) is 30.0 Å². The molecule has 2 fully saturated rings. The molecule has 1 atom stereocenters. The van der Waals surface area contributed by atoms with E-state index in [-0.39, 0.29) is 0 Å². The maximum atomic E-state index is 5.51. The van der Waals surface area contributed by atoms with Crippen LogP contribution < -0.4 is 0 Å². The van der Waals surface area contributed by atoms with E-state index in [1.54, 1.807) is 0 Å². The van der Waals surface area contributed by atoms with E-state index in [0.717, 1.165) is 38.9 Å². The molecule has 24 heavy (non-hydrogen) atoms. The topological polar surface area (TPSA) is 33.5 Å². The maximum Gasteiger partial charge on any atom is 0.0843 e. The highest BCUT2D eigenvalue weighted by atomic mass is 16.5. The molecule has 2 saturated heterocycles. The zero-order valence-electron chi connectivity index (χ0n) is 14.8. The molecule has 1 aromatic carbocycles. The molecule has 130 valence electrons. The fourth-order valence-corrected chi connectivity index (χ4v) is 4.24. The lowest BCUT2D eigenvalue weighted by Gasteiger charge is -2.44. The summed E-state index contributed by atoms with van der Waals surface area (Å²) in [6.07, 6.45) is 2.38. The van der Waals surface area contributed by atoms with E-state index in [0.29, 0.717) is 6.04 Å². The van der Waals surface area contributed by atoms with E-state index >= 15 is 0 Å². The lowest BCUT2D eigenvalue weighted by atomic mass is 10.0. The molecule has 2 aromatic rings. The number of nitrogens with zero attached hydrogens (tertiary/aromatic N) is 4. The number of fused-ring (bicyclic) bond motifs is 1. The predicted molar refractivity (Wildman–Crippen MR) is 96.0 cm³/mol. The van der Waals surface area contributed by atoms with Crippen LogP contribution in [0.2, 0.25) is 0 Å². The third-order valence-electron chi connectivity index (χ3n) is 5.69. The first-order valence-corrected chi connectivity index (χ1v) is 9.19. The number of benzene rings is 1. The Balaban J connectivity index is 1.44.